The van der Waals surface area contributed by atoms with Gasteiger partial charge in [0.2, 0.25) is 0 Å². The molecule has 0 aliphatic heterocycles. The van der Waals surface area contributed by atoms with E-state index in [2.05, 4.69) is 45.5 Å². The Kier molecular flexibility index (Phi) is 5.17. The third-order valence-corrected chi connectivity index (χ3v) is 3.26. The molecular formula is C11H18IN3. The van der Waals surface area contributed by atoms with Crippen LogP contribution in [0.3, 0.4) is 0 Å². The smallest absolute Gasteiger partial charge is 0.0558 e. The number of hydrogen-bond donors (Lipinski definition) is 3. The summed E-state index contributed by atoms with van der Waals surface area (Å²) in [4.78, 5) is 0. The molecule has 0 aromatic rings. The number of halogens is 1. The predicted molar refractivity (Wildman–Crippen MR) is 73.1 cm³/mol. The van der Waals surface area contributed by atoms with E-state index in [-0.39, 0.29) is 0 Å². The highest BCUT2D eigenvalue weighted by Crippen LogP contribution is 2.27. The van der Waals surface area contributed by atoms with Crippen LogP contribution in [-0.4, -0.2) is 6.54 Å². The zero-order valence-electron chi connectivity index (χ0n) is 9.02. The summed E-state index contributed by atoms with van der Waals surface area (Å²) in [5.74, 6) is 0. The van der Waals surface area contributed by atoms with Gasteiger partial charge in [0.25, 0.3) is 0 Å². The van der Waals surface area contributed by atoms with Crippen LogP contribution in [0.2, 0.25) is 0 Å². The third-order valence-electron chi connectivity index (χ3n) is 2.61. The van der Waals surface area contributed by atoms with E-state index in [1.165, 1.54) is 11.1 Å². The van der Waals surface area contributed by atoms with Crippen LogP contribution in [0, 0.1) is 0 Å². The van der Waals surface area contributed by atoms with E-state index in [9.17, 15) is 0 Å². The summed E-state index contributed by atoms with van der Waals surface area (Å²) in [5, 5.41) is 0. The van der Waals surface area contributed by atoms with Gasteiger partial charge in [0.15, 0.2) is 0 Å². The molecule has 1 aliphatic carbocycles. The van der Waals surface area contributed by atoms with Gasteiger partial charge in [-0.25, -0.2) is 0 Å². The molecule has 0 amide bonds. The maximum atomic E-state index is 5.95. The quantitative estimate of drug-likeness (QED) is 0.549. The topological polar surface area (TPSA) is 64.1 Å². The lowest BCUT2D eigenvalue weighted by Gasteiger charge is -2.19. The molecular weight excluding hydrogens is 301 g/mol. The van der Waals surface area contributed by atoms with E-state index in [1.54, 1.807) is 0 Å². The van der Waals surface area contributed by atoms with Crippen molar-refractivity contribution in [2.24, 2.45) is 11.5 Å². The predicted octanol–water partition coefficient (Wildman–Crippen LogP) is 2.11. The van der Waals surface area contributed by atoms with Crippen molar-refractivity contribution in [2.45, 2.75) is 26.2 Å². The molecule has 15 heavy (non-hydrogen) atoms. The highest BCUT2D eigenvalue weighted by Gasteiger charge is 2.12. The molecule has 0 unspecified atom stereocenters. The number of allylic oxidation sites excluding steroid dienone is 4. The zero-order valence-corrected chi connectivity index (χ0v) is 11.2. The molecule has 0 saturated carbocycles. The molecule has 0 heterocycles. The van der Waals surface area contributed by atoms with E-state index in [0.717, 1.165) is 30.7 Å². The van der Waals surface area contributed by atoms with Crippen molar-refractivity contribution in [2.75, 3.05) is 6.54 Å². The van der Waals surface area contributed by atoms with Crippen molar-refractivity contribution in [3.63, 3.8) is 0 Å². The first-order chi connectivity index (χ1) is 7.22. The van der Waals surface area contributed by atoms with Crippen LogP contribution in [-0.2, 0) is 0 Å². The summed E-state index contributed by atoms with van der Waals surface area (Å²) in [5.41, 5.74) is 16.2. The molecule has 0 aromatic heterocycles. The second-order valence-corrected chi connectivity index (χ2v) is 4.09. The van der Waals surface area contributed by atoms with Gasteiger partial charge in [-0.2, -0.15) is 0 Å². The van der Waals surface area contributed by atoms with Gasteiger partial charge in [0.05, 0.1) is 28.6 Å². The molecule has 3 nitrogen and oxygen atoms in total. The summed E-state index contributed by atoms with van der Waals surface area (Å²) in [7, 11) is 0. The zero-order chi connectivity index (χ0) is 11.3. The number of hydrogen-bond acceptors (Lipinski definition) is 3. The Morgan fingerprint density at radius 2 is 2.33 bits per heavy atom. The molecule has 0 bridgehead atoms. The second kappa shape index (κ2) is 6.17. The number of nitrogens with two attached hydrogens (primary N) is 2. The standard InChI is InChI=1S/C11H18IN3/c1-2-8(5-6-13)9-3-4-11(15-12)10(14)7-9/h2,7,15H,3-6,13-14H2,1H3/b8-2+. The molecule has 0 spiro atoms. The van der Waals surface area contributed by atoms with E-state index < -0.39 is 0 Å². The first-order valence-electron chi connectivity index (χ1n) is 5.14. The van der Waals surface area contributed by atoms with Crippen molar-refractivity contribution < 1.29 is 0 Å². The summed E-state index contributed by atoms with van der Waals surface area (Å²) in [6, 6.07) is 0. The largest absolute Gasteiger partial charge is 0.397 e. The Bertz CT molecular complexity index is 316. The third kappa shape index (κ3) is 3.24. The first kappa shape index (κ1) is 12.6. The maximum absolute atomic E-state index is 5.95. The first-order valence-corrected chi connectivity index (χ1v) is 6.22. The maximum Gasteiger partial charge on any atom is 0.0558 e. The van der Waals surface area contributed by atoms with E-state index in [4.69, 9.17) is 11.5 Å². The lowest BCUT2D eigenvalue weighted by atomic mass is 9.92. The van der Waals surface area contributed by atoms with Crippen LogP contribution in [0.5, 0.6) is 0 Å². The van der Waals surface area contributed by atoms with E-state index in [1.807, 2.05) is 0 Å². The van der Waals surface area contributed by atoms with Crippen molar-refractivity contribution in [1.82, 2.24) is 3.53 Å². The van der Waals surface area contributed by atoms with Gasteiger partial charge in [-0.15, -0.1) is 0 Å². The van der Waals surface area contributed by atoms with Crippen LogP contribution < -0.4 is 15.0 Å². The van der Waals surface area contributed by atoms with Crippen LogP contribution >= 0.6 is 22.9 Å². The molecule has 0 aromatic carbocycles. The molecule has 4 heteroatoms. The molecule has 0 atom stereocenters. The fourth-order valence-electron chi connectivity index (χ4n) is 1.75. The Morgan fingerprint density at radius 1 is 1.60 bits per heavy atom. The number of rotatable bonds is 4. The van der Waals surface area contributed by atoms with Crippen LogP contribution in [0.4, 0.5) is 0 Å². The molecule has 5 N–H and O–H groups in total. The van der Waals surface area contributed by atoms with E-state index >= 15 is 0 Å². The van der Waals surface area contributed by atoms with Crippen molar-refractivity contribution in [3.05, 3.63) is 34.7 Å². The van der Waals surface area contributed by atoms with Crippen molar-refractivity contribution in [3.8, 4) is 0 Å². The Balaban J connectivity index is 2.85. The van der Waals surface area contributed by atoms with Gasteiger partial charge >= 0.3 is 0 Å². The molecule has 1 aliphatic rings. The monoisotopic (exact) mass is 319 g/mol. The Labute approximate surface area is 105 Å². The van der Waals surface area contributed by atoms with Gasteiger partial charge in [-0.1, -0.05) is 6.08 Å². The van der Waals surface area contributed by atoms with Crippen LogP contribution in [0.25, 0.3) is 0 Å². The highest BCUT2D eigenvalue weighted by atomic mass is 127. The lowest BCUT2D eigenvalue weighted by molar-refractivity contribution is 0.836. The Morgan fingerprint density at radius 3 is 2.80 bits per heavy atom. The molecule has 1 rings (SSSR count). The number of nitrogens with one attached hydrogen (secondary N) is 1. The average molecular weight is 319 g/mol. The fraction of sp³-hybridized carbons (Fsp3) is 0.455. The second-order valence-electron chi connectivity index (χ2n) is 3.55. The molecule has 0 radical (unpaired) electrons. The molecule has 84 valence electrons. The van der Waals surface area contributed by atoms with Gasteiger partial charge in [-0.05, 0) is 50.0 Å². The van der Waals surface area contributed by atoms with Crippen molar-refractivity contribution >= 4 is 22.9 Å². The summed E-state index contributed by atoms with van der Waals surface area (Å²) in [6.45, 7) is 2.75. The average Bonchev–Trinajstić information content (AvgIpc) is 2.25. The van der Waals surface area contributed by atoms with Crippen LogP contribution in [0.15, 0.2) is 34.7 Å². The van der Waals surface area contributed by atoms with Gasteiger partial charge in [0, 0.05) is 5.70 Å². The van der Waals surface area contributed by atoms with E-state index in [0.29, 0.717) is 6.54 Å². The summed E-state index contributed by atoms with van der Waals surface area (Å²) >= 11 is 2.12. The SMILES string of the molecule is C/C=C(\CCN)C1=CC(N)=C(NI)CC1. The minimum absolute atomic E-state index is 0.692. The molecule has 0 saturated heterocycles. The van der Waals surface area contributed by atoms with Crippen molar-refractivity contribution in [1.29, 1.82) is 0 Å². The normalized spacial score (nSPS) is 17.8. The van der Waals surface area contributed by atoms with Crippen LogP contribution in [0.1, 0.15) is 26.2 Å². The van der Waals surface area contributed by atoms with Gasteiger partial charge in [-0.3, -0.25) is 0 Å². The minimum Gasteiger partial charge on any atom is -0.397 e. The van der Waals surface area contributed by atoms with Gasteiger partial charge in [0.1, 0.15) is 0 Å². The Hall–Kier alpha value is -0.490. The highest BCUT2D eigenvalue weighted by molar-refractivity contribution is 14.1. The fourth-order valence-corrected chi connectivity index (χ4v) is 2.33. The summed E-state index contributed by atoms with van der Waals surface area (Å²) in [6.07, 6.45) is 7.17. The molecule has 0 fully saturated rings. The lowest BCUT2D eigenvalue weighted by Crippen LogP contribution is -2.14. The summed E-state index contributed by atoms with van der Waals surface area (Å²) < 4.78 is 3.10. The van der Waals surface area contributed by atoms with Gasteiger partial charge < -0.3 is 15.0 Å². The minimum atomic E-state index is 0.692.